The van der Waals surface area contributed by atoms with Gasteiger partial charge in [-0.25, -0.2) is 0 Å². The molecule has 17 heavy (non-hydrogen) atoms. The van der Waals surface area contributed by atoms with Crippen LogP contribution < -0.4 is 0 Å². The van der Waals surface area contributed by atoms with Crippen molar-refractivity contribution in [3.05, 3.63) is 35.4 Å². The number of benzene rings is 1. The van der Waals surface area contributed by atoms with Crippen molar-refractivity contribution in [2.75, 3.05) is 7.05 Å². The van der Waals surface area contributed by atoms with Gasteiger partial charge in [0, 0.05) is 13.1 Å². The molecular weight excluding hydrogens is 210 g/mol. The van der Waals surface area contributed by atoms with E-state index < -0.39 is 0 Å². The highest BCUT2D eigenvalue weighted by molar-refractivity contribution is 5.78. The molecule has 0 heterocycles. The molecule has 0 aliphatic heterocycles. The Balaban J connectivity index is 1.96. The average molecular weight is 231 g/mol. The Bertz CT molecular complexity index is 394. The molecule has 0 radical (unpaired) electrons. The van der Waals surface area contributed by atoms with Crippen LogP contribution in [0.1, 0.15) is 36.8 Å². The van der Waals surface area contributed by atoms with Crippen LogP contribution in [0, 0.1) is 6.92 Å². The molecule has 1 aromatic rings. The van der Waals surface area contributed by atoms with E-state index in [1.54, 1.807) is 0 Å². The van der Waals surface area contributed by atoms with Gasteiger partial charge < -0.3 is 4.90 Å². The van der Waals surface area contributed by atoms with Gasteiger partial charge in [-0.2, -0.15) is 0 Å². The Morgan fingerprint density at radius 3 is 2.71 bits per heavy atom. The van der Waals surface area contributed by atoms with Gasteiger partial charge in [0.05, 0.1) is 6.42 Å². The van der Waals surface area contributed by atoms with E-state index in [9.17, 15) is 4.79 Å². The van der Waals surface area contributed by atoms with Crippen molar-refractivity contribution in [2.45, 2.75) is 45.1 Å². The lowest BCUT2D eigenvalue weighted by Crippen LogP contribution is -2.36. The lowest BCUT2D eigenvalue weighted by atomic mass is 10.1. The van der Waals surface area contributed by atoms with Crippen molar-refractivity contribution in [3.63, 3.8) is 0 Å². The molecule has 0 aromatic heterocycles. The highest BCUT2D eigenvalue weighted by Crippen LogP contribution is 2.22. The zero-order valence-electron chi connectivity index (χ0n) is 10.8. The Labute approximate surface area is 104 Å². The zero-order valence-corrected chi connectivity index (χ0v) is 10.8. The molecule has 0 saturated heterocycles. The van der Waals surface area contributed by atoms with Crippen molar-refractivity contribution in [1.29, 1.82) is 0 Å². The number of rotatable bonds is 3. The fourth-order valence-corrected chi connectivity index (χ4v) is 2.62. The fraction of sp³-hybridized carbons (Fsp3) is 0.533. The summed E-state index contributed by atoms with van der Waals surface area (Å²) in [5.41, 5.74) is 2.35. The minimum atomic E-state index is 0.252. The summed E-state index contributed by atoms with van der Waals surface area (Å²) in [6.07, 6.45) is 5.43. The van der Waals surface area contributed by atoms with E-state index in [0.717, 1.165) is 5.56 Å². The normalized spacial score (nSPS) is 16.1. The van der Waals surface area contributed by atoms with E-state index in [2.05, 4.69) is 19.1 Å². The predicted molar refractivity (Wildman–Crippen MR) is 69.9 cm³/mol. The Hall–Kier alpha value is -1.31. The second kappa shape index (κ2) is 5.35. The number of likely N-dealkylation sites (N-methyl/N-ethyl adjacent to an activating group) is 1. The molecule has 2 heteroatoms. The summed E-state index contributed by atoms with van der Waals surface area (Å²) in [6.45, 7) is 2.06. The molecule has 0 N–H and O–H groups in total. The largest absolute Gasteiger partial charge is 0.342 e. The van der Waals surface area contributed by atoms with Crippen LogP contribution in [0.25, 0.3) is 0 Å². The van der Waals surface area contributed by atoms with Gasteiger partial charge in [0.15, 0.2) is 0 Å². The third kappa shape index (κ3) is 3.09. The van der Waals surface area contributed by atoms with E-state index in [-0.39, 0.29) is 5.91 Å². The number of hydrogen-bond acceptors (Lipinski definition) is 1. The summed E-state index contributed by atoms with van der Waals surface area (Å²) in [4.78, 5) is 14.1. The molecule has 92 valence electrons. The molecule has 1 saturated carbocycles. The van der Waals surface area contributed by atoms with Gasteiger partial charge in [0.1, 0.15) is 0 Å². The van der Waals surface area contributed by atoms with Crippen molar-refractivity contribution >= 4 is 5.91 Å². The van der Waals surface area contributed by atoms with Gasteiger partial charge in [-0.15, -0.1) is 0 Å². The van der Waals surface area contributed by atoms with Crippen LogP contribution in [0.5, 0.6) is 0 Å². The van der Waals surface area contributed by atoms with Crippen LogP contribution in [0.15, 0.2) is 24.3 Å². The van der Waals surface area contributed by atoms with Crippen LogP contribution in [-0.4, -0.2) is 23.9 Å². The quantitative estimate of drug-likeness (QED) is 0.783. The van der Waals surface area contributed by atoms with E-state index >= 15 is 0 Å². The van der Waals surface area contributed by atoms with Crippen LogP contribution in [0.2, 0.25) is 0 Å². The number of hydrogen-bond donors (Lipinski definition) is 0. The summed E-state index contributed by atoms with van der Waals surface area (Å²) in [5, 5.41) is 0. The van der Waals surface area contributed by atoms with Crippen LogP contribution in [-0.2, 0) is 11.2 Å². The zero-order chi connectivity index (χ0) is 12.3. The smallest absolute Gasteiger partial charge is 0.226 e. The standard InChI is InChI=1S/C15H21NO/c1-12-6-5-7-13(10-12)11-15(17)16(2)14-8-3-4-9-14/h5-7,10,14H,3-4,8-9,11H2,1-2H3. The highest BCUT2D eigenvalue weighted by Gasteiger charge is 2.23. The summed E-state index contributed by atoms with van der Waals surface area (Å²) >= 11 is 0. The summed E-state index contributed by atoms with van der Waals surface area (Å²) < 4.78 is 0. The van der Waals surface area contributed by atoms with E-state index in [1.165, 1.54) is 31.2 Å². The van der Waals surface area contributed by atoms with Gasteiger partial charge in [-0.1, -0.05) is 42.7 Å². The van der Waals surface area contributed by atoms with Crippen LogP contribution >= 0.6 is 0 Å². The molecule has 0 bridgehead atoms. The predicted octanol–water partition coefficient (Wildman–Crippen LogP) is 2.94. The third-order valence-corrected chi connectivity index (χ3v) is 3.70. The Morgan fingerprint density at radius 1 is 1.35 bits per heavy atom. The Morgan fingerprint density at radius 2 is 2.06 bits per heavy atom. The highest BCUT2D eigenvalue weighted by atomic mass is 16.2. The molecule has 1 aliphatic carbocycles. The second-order valence-corrected chi connectivity index (χ2v) is 5.11. The first-order valence-corrected chi connectivity index (χ1v) is 6.48. The van der Waals surface area contributed by atoms with Crippen molar-refractivity contribution < 1.29 is 4.79 Å². The van der Waals surface area contributed by atoms with E-state index in [4.69, 9.17) is 0 Å². The van der Waals surface area contributed by atoms with Gasteiger partial charge >= 0.3 is 0 Å². The van der Waals surface area contributed by atoms with Gasteiger partial charge in [0.2, 0.25) is 5.91 Å². The van der Waals surface area contributed by atoms with Crippen LogP contribution in [0.3, 0.4) is 0 Å². The molecule has 2 rings (SSSR count). The molecule has 2 nitrogen and oxygen atoms in total. The Kier molecular flexibility index (Phi) is 3.82. The molecule has 0 unspecified atom stereocenters. The van der Waals surface area contributed by atoms with Crippen molar-refractivity contribution in [1.82, 2.24) is 4.90 Å². The average Bonchev–Trinajstić information content (AvgIpc) is 2.81. The molecule has 1 aliphatic rings. The molecular formula is C15H21NO. The maximum Gasteiger partial charge on any atom is 0.226 e. The SMILES string of the molecule is Cc1cccc(CC(=O)N(C)C2CCCC2)c1. The summed E-state index contributed by atoms with van der Waals surface area (Å²) in [5.74, 6) is 0.252. The van der Waals surface area contributed by atoms with E-state index in [0.29, 0.717) is 12.5 Å². The maximum absolute atomic E-state index is 12.1. The molecule has 0 atom stereocenters. The first-order valence-electron chi connectivity index (χ1n) is 6.48. The number of carbonyl (C=O) groups is 1. The van der Waals surface area contributed by atoms with Crippen LogP contribution in [0.4, 0.5) is 0 Å². The minimum absolute atomic E-state index is 0.252. The maximum atomic E-state index is 12.1. The number of carbonyl (C=O) groups excluding carboxylic acids is 1. The van der Waals surface area contributed by atoms with Gasteiger partial charge in [-0.05, 0) is 25.3 Å². The summed E-state index contributed by atoms with van der Waals surface area (Å²) in [7, 11) is 1.95. The lowest BCUT2D eigenvalue weighted by molar-refractivity contribution is -0.131. The minimum Gasteiger partial charge on any atom is -0.342 e. The molecule has 1 fully saturated rings. The van der Waals surface area contributed by atoms with Crippen molar-refractivity contribution in [2.24, 2.45) is 0 Å². The molecule has 1 amide bonds. The van der Waals surface area contributed by atoms with Gasteiger partial charge in [-0.3, -0.25) is 4.79 Å². The van der Waals surface area contributed by atoms with Crippen molar-refractivity contribution in [3.8, 4) is 0 Å². The molecule has 1 aromatic carbocycles. The monoisotopic (exact) mass is 231 g/mol. The molecule has 0 spiro atoms. The van der Waals surface area contributed by atoms with E-state index in [1.807, 2.05) is 24.1 Å². The number of nitrogens with zero attached hydrogens (tertiary/aromatic N) is 1. The first kappa shape index (κ1) is 12.2. The second-order valence-electron chi connectivity index (χ2n) is 5.11. The fourth-order valence-electron chi connectivity index (χ4n) is 2.62. The number of aryl methyl sites for hydroxylation is 1. The topological polar surface area (TPSA) is 20.3 Å². The van der Waals surface area contributed by atoms with Gasteiger partial charge in [0.25, 0.3) is 0 Å². The first-order chi connectivity index (χ1) is 8.16. The third-order valence-electron chi connectivity index (χ3n) is 3.70. The lowest BCUT2D eigenvalue weighted by Gasteiger charge is -2.24. The number of amides is 1. The summed E-state index contributed by atoms with van der Waals surface area (Å²) in [6, 6.07) is 8.70.